The van der Waals surface area contributed by atoms with Gasteiger partial charge in [0, 0.05) is 29.4 Å². The van der Waals surface area contributed by atoms with E-state index in [1.54, 1.807) is 29.2 Å². The fourth-order valence-corrected chi connectivity index (χ4v) is 2.99. The second-order valence-corrected chi connectivity index (χ2v) is 6.25. The van der Waals surface area contributed by atoms with Gasteiger partial charge in [0.25, 0.3) is 0 Å². The number of anilines is 1. The lowest BCUT2D eigenvalue weighted by Crippen LogP contribution is -2.41. The highest BCUT2D eigenvalue weighted by Gasteiger charge is 2.24. The van der Waals surface area contributed by atoms with Crippen LogP contribution in [-0.2, 0) is 13.1 Å². The molecule has 0 bridgehead atoms. The molecule has 126 valence electrons. The highest BCUT2D eigenvalue weighted by Crippen LogP contribution is 2.22. The second-order valence-electron chi connectivity index (χ2n) is 5.82. The summed E-state index contributed by atoms with van der Waals surface area (Å²) in [5.41, 5.74) is 1.74. The highest BCUT2D eigenvalue weighted by molar-refractivity contribution is 6.30. The number of hydrogen-bond acceptors (Lipinski definition) is 3. The molecule has 1 aromatic heterocycles. The Morgan fingerprint density at radius 2 is 1.76 bits per heavy atom. The summed E-state index contributed by atoms with van der Waals surface area (Å²) >= 11 is 5.86. The van der Waals surface area contributed by atoms with E-state index in [2.05, 4.69) is 20.1 Å². The minimum atomic E-state index is -0.155. The molecule has 0 radical (unpaired) electrons. The first-order valence-electron chi connectivity index (χ1n) is 8.00. The fourth-order valence-electron chi connectivity index (χ4n) is 2.87. The Morgan fingerprint density at radius 1 is 1.00 bits per heavy atom. The van der Waals surface area contributed by atoms with Gasteiger partial charge < -0.3 is 14.8 Å². The van der Waals surface area contributed by atoms with Gasteiger partial charge in [-0.2, -0.15) is 0 Å². The molecular weight excluding hydrogens is 338 g/mol. The maximum Gasteiger partial charge on any atom is 0.322 e. The molecule has 4 rings (SSSR count). The Labute approximate surface area is 150 Å². The Kier molecular flexibility index (Phi) is 4.11. The summed E-state index contributed by atoms with van der Waals surface area (Å²) in [5.74, 6) is 1.63. The van der Waals surface area contributed by atoms with Crippen molar-refractivity contribution in [3.8, 4) is 11.4 Å². The van der Waals surface area contributed by atoms with E-state index in [1.165, 1.54) is 0 Å². The molecule has 2 heterocycles. The molecule has 2 aromatic carbocycles. The van der Waals surface area contributed by atoms with Crippen LogP contribution in [-0.4, -0.2) is 32.2 Å². The Hall–Kier alpha value is -2.86. The van der Waals surface area contributed by atoms with Crippen molar-refractivity contribution in [2.75, 3.05) is 11.9 Å². The zero-order valence-corrected chi connectivity index (χ0v) is 14.1. The van der Waals surface area contributed by atoms with Crippen LogP contribution < -0.4 is 5.32 Å². The minimum Gasteiger partial charge on any atom is -0.315 e. The number of amides is 2. The van der Waals surface area contributed by atoms with Crippen molar-refractivity contribution >= 4 is 23.3 Å². The van der Waals surface area contributed by atoms with Gasteiger partial charge in [0.2, 0.25) is 0 Å². The van der Waals surface area contributed by atoms with Crippen LogP contribution in [0, 0.1) is 0 Å². The molecule has 0 aliphatic carbocycles. The van der Waals surface area contributed by atoms with Crippen LogP contribution in [0.1, 0.15) is 5.82 Å². The van der Waals surface area contributed by atoms with Gasteiger partial charge in [0.1, 0.15) is 0 Å². The topological polar surface area (TPSA) is 63.1 Å². The lowest BCUT2D eigenvalue weighted by molar-refractivity contribution is 0.196. The van der Waals surface area contributed by atoms with Gasteiger partial charge in [0.05, 0.1) is 6.54 Å². The third kappa shape index (κ3) is 3.21. The average molecular weight is 354 g/mol. The molecule has 0 spiro atoms. The number of rotatable bonds is 2. The van der Waals surface area contributed by atoms with E-state index in [0.717, 1.165) is 17.2 Å². The molecule has 6 nitrogen and oxygen atoms in total. The van der Waals surface area contributed by atoms with E-state index in [4.69, 9.17) is 11.6 Å². The number of carbonyl (C=O) groups is 1. The number of benzene rings is 2. The van der Waals surface area contributed by atoms with Crippen molar-refractivity contribution in [3.63, 3.8) is 0 Å². The molecule has 0 saturated carbocycles. The molecule has 3 aromatic rings. The lowest BCUT2D eigenvalue weighted by Gasteiger charge is -2.28. The smallest absolute Gasteiger partial charge is 0.315 e. The summed E-state index contributed by atoms with van der Waals surface area (Å²) in [7, 11) is 0. The number of aromatic nitrogens is 3. The van der Waals surface area contributed by atoms with E-state index < -0.39 is 0 Å². The van der Waals surface area contributed by atoms with Gasteiger partial charge in [0.15, 0.2) is 11.6 Å². The quantitative estimate of drug-likeness (QED) is 0.765. The molecular formula is C18H16ClN5O. The normalized spacial score (nSPS) is 13.4. The third-order valence-corrected chi connectivity index (χ3v) is 4.42. The third-order valence-electron chi connectivity index (χ3n) is 4.17. The SMILES string of the molecule is O=C(Nc1ccc(Cl)cc1)N1CCn2c(nnc2-c2ccccc2)C1. The molecule has 2 amide bonds. The van der Waals surface area contributed by atoms with Crippen molar-refractivity contribution < 1.29 is 4.79 Å². The first kappa shape index (κ1) is 15.7. The molecule has 25 heavy (non-hydrogen) atoms. The number of fused-ring (bicyclic) bond motifs is 1. The van der Waals surface area contributed by atoms with Crippen molar-refractivity contribution in [1.82, 2.24) is 19.7 Å². The van der Waals surface area contributed by atoms with Gasteiger partial charge in [-0.25, -0.2) is 4.79 Å². The first-order valence-corrected chi connectivity index (χ1v) is 8.37. The Bertz CT molecular complexity index is 892. The maximum atomic E-state index is 12.5. The minimum absolute atomic E-state index is 0.155. The standard InChI is InChI=1S/C18H16ClN5O/c19-14-6-8-15(9-7-14)20-18(25)23-10-11-24-16(12-23)21-22-17(24)13-4-2-1-3-5-13/h1-9H,10-12H2,(H,20,25). The molecule has 1 aliphatic rings. The molecule has 0 fully saturated rings. The zero-order chi connectivity index (χ0) is 17.2. The number of urea groups is 1. The summed E-state index contributed by atoms with van der Waals surface area (Å²) in [6, 6.07) is 16.8. The molecule has 0 atom stereocenters. The van der Waals surface area contributed by atoms with E-state index in [9.17, 15) is 4.79 Å². The molecule has 1 N–H and O–H groups in total. The van der Waals surface area contributed by atoms with Gasteiger partial charge in [-0.3, -0.25) is 0 Å². The van der Waals surface area contributed by atoms with E-state index in [0.29, 0.717) is 30.3 Å². The molecule has 7 heteroatoms. The predicted molar refractivity (Wildman–Crippen MR) is 96.3 cm³/mol. The van der Waals surface area contributed by atoms with E-state index in [-0.39, 0.29) is 6.03 Å². The number of carbonyl (C=O) groups excluding carboxylic acids is 1. The Morgan fingerprint density at radius 3 is 2.52 bits per heavy atom. The van der Waals surface area contributed by atoms with Gasteiger partial charge >= 0.3 is 6.03 Å². The summed E-state index contributed by atoms with van der Waals surface area (Å²) in [5, 5.41) is 12.1. The number of nitrogens with one attached hydrogen (secondary N) is 1. The number of hydrogen-bond donors (Lipinski definition) is 1. The van der Waals surface area contributed by atoms with Crippen molar-refractivity contribution in [1.29, 1.82) is 0 Å². The van der Waals surface area contributed by atoms with Crippen LogP contribution >= 0.6 is 11.6 Å². The van der Waals surface area contributed by atoms with Crippen LogP contribution in [0.15, 0.2) is 54.6 Å². The van der Waals surface area contributed by atoms with Gasteiger partial charge in [-0.1, -0.05) is 41.9 Å². The lowest BCUT2D eigenvalue weighted by atomic mass is 10.2. The first-order chi connectivity index (χ1) is 12.2. The van der Waals surface area contributed by atoms with Crippen LogP contribution in [0.2, 0.25) is 5.02 Å². The summed E-state index contributed by atoms with van der Waals surface area (Å²) in [6.07, 6.45) is 0. The van der Waals surface area contributed by atoms with Crippen LogP contribution in [0.5, 0.6) is 0 Å². The van der Waals surface area contributed by atoms with E-state index >= 15 is 0 Å². The molecule has 1 aliphatic heterocycles. The maximum absolute atomic E-state index is 12.5. The Balaban J connectivity index is 1.49. The van der Waals surface area contributed by atoms with E-state index in [1.807, 2.05) is 30.3 Å². The average Bonchev–Trinajstić information content (AvgIpc) is 3.07. The second kappa shape index (κ2) is 6.57. The number of halogens is 1. The van der Waals surface area contributed by atoms with Crippen LogP contribution in [0.4, 0.5) is 10.5 Å². The predicted octanol–water partition coefficient (Wildman–Crippen LogP) is 3.65. The van der Waals surface area contributed by atoms with Crippen molar-refractivity contribution in [2.45, 2.75) is 13.1 Å². The molecule has 0 unspecified atom stereocenters. The van der Waals surface area contributed by atoms with Crippen molar-refractivity contribution in [2.24, 2.45) is 0 Å². The summed E-state index contributed by atoms with van der Waals surface area (Å²) < 4.78 is 2.07. The van der Waals surface area contributed by atoms with Crippen molar-refractivity contribution in [3.05, 3.63) is 65.4 Å². The largest absolute Gasteiger partial charge is 0.322 e. The number of nitrogens with zero attached hydrogens (tertiary/aromatic N) is 4. The highest BCUT2D eigenvalue weighted by atomic mass is 35.5. The van der Waals surface area contributed by atoms with Crippen LogP contribution in [0.3, 0.4) is 0 Å². The summed E-state index contributed by atoms with van der Waals surface area (Å²) in [6.45, 7) is 1.70. The fraction of sp³-hybridized carbons (Fsp3) is 0.167. The van der Waals surface area contributed by atoms with Gasteiger partial charge in [-0.15, -0.1) is 10.2 Å². The monoisotopic (exact) mass is 353 g/mol. The summed E-state index contributed by atoms with van der Waals surface area (Å²) in [4.78, 5) is 14.2. The zero-order valence-electron chi connectivity index (χ0n) is 13.4. The van der Waals surface area contributed by atoms with Crippen LogP contribution in [0.25, 0.3) is 11.4 Å². The van der Waals surface area contributed by atoms with Gasteiger partial charge in [-0.05, 0) is 24.3 Å². The molecule has 0 saturated heterocycles.